The van der Waals surface area contributed by atoms with E-state index in [4.69, 9.17) is 17.3 Å². The van der Waals surface area contributed by atoms with Gasteiger partial charge in [-0.05, 0) is 24.1 Å². The number of anilines is 1. The Bertz CT molecular complexity index is 403. The number of benzene rings is 1. The molecule has 2 N–H and O–H groups in total. The molecule has 1 aromatic carbocycles. The van der Waals surface area contributed by atoms with Crippen LogP contribution in [0.2, 0.25) is 5.02 Å². The van der Waals surface area contributed by atoms with Gasteiger partial charge < -0.3 is 5.73 Å². The van der Waals surface area contributed by atoms with Crippen LogP contribution < -0.4 is 5.73 Å². The van der Waals surface area contributed by atoms with E-state index in [-0.39, 0.29) is 5.78 Å². The molecule has 0 aliphatic rings. The summed E-state index contributed by atoms with van der Waals surface area (Å²) < 4.78 is 0. The Morgan fingerprint density at radius 1 is 1.39 bits per heavy atom. The lowest BCUT2D eigenvalue weighted by molar-refractivity contribution is 0.0957. The van der Waals surface area contributed by atoms with Crippen molar-refractivity contribution < 1.29 is 4.79 Å². The molecule has 0 amide bonds. The molecule has 18 heavy (non-hydrogen) atoms. The number of unbranched alkanes of at least 4 members (excludes halogenated alkanes) is 1. The SMILES string of the molecule is CCCCC(CC)CC(=O)c1ccc(Cl)c(N)c1. The van der Waals surface area contributed by atoms with Crippen molar-refractivity contribution in [1.29, 1.82) is 0 Å². The first-order valence-electron chi connectivity index (χ1n) is 6.66. The highest BCUT2D eigenvalue weighted by molar-refractivity contribution is 6.33. The van der Waals surface area contributed by atoms with Crippen LogP contribution in [0.4, 0.5) is 5.69 Å². The summed E-state index contributed by atoms with van der Waals surface area (Å²) in [5.74, 6) is 0.649. The smallest absolute Gasteiger partial charge is 0.163 e. The maximum Gasteiger partial charge on any atom is 0.163 e. The molecule has 0 aromatic heterocycles. The number of hydrogen-bond donors (Lipinski definition) is 1. The normalized spacial score (nSPS) is 12.4. The third kappa shape index (κ3) is 4.34. The van der Waals surface area contributed by atoms with Crippen LogP contribution in [0, 0.1) is 5.92 Å². The number of carbonyl (C=O) groups excluding carboxylic acids is 1. The summed E-state index contributed by atoms with van der Waals surface area (Å²) in [7, 11) is 0. The average molecular weight is 268 g/mol. The van der Waals surface area contributed by atoms with Crippen LogP contribution in [0.3, 0.4) is 0 Å². The molecule has 1 aromatic rings. The number of halogens is 1. The van der Waals surface area contributed by atoms with Gasteiger partial charge in [-0.2, -0.15) is 0 Å². The molecular formula is C15H22ClNO. The van der Waals surface area contributed by atoms with Gasteiger partial charge in [0.25, 0.3) is 0 Å². The van der Waals surface area contributed by atoms with E-state index in [1.165, 1.54) is 12.8 Å². The second kappa shape index (κ2) is 7.42. The third-order valence-corrected chi connectivity index (χ3v) is 3.68. The van der Waals surface area contributed by atoms with Crippen molar-refractivity contribution in [1.82, 2.24) is 0 Å². The van der Waals surface area contributed by atoms with Gasteiger partial charge in [-0.25, -0.2) is 0 Å². The van der Waals surface area contributed by atoms with Crippen LogP contribution in [-0.2, 0) is 0 Å². The van der Waals surface area contributed by atoms with Gasteiger partial charge in [0.05, 0.1) is 10.7 Å². The fraction of sp³-hybridized carbons (Fsp3) is 0.533. The Hall–Kier alpha value is -1.02. The number of nitrogens with two attached hydrogens (primary N) is 1. The Labute approximate surface area is 115 Å². The Kier molecular flexibility index (Phi) is 6.20. The van der Waals surface area contributed by atoms with Crippen molar-refractivity contribution in [2.75, 3.05) is 5.73 Å². The maximum absolute atomic E-state index is 12.1. The molecule has 0 heterocycles. The van der Waals surface area contributed by atoms with E-state index in [1.54, 1.807) is 18.2 Å². The van der Waals surface area contributed by atoms with Crippen LogP contribution in [0.1, 0.15) is 56.3 Å². The summed E-state index contributed by atoms with van der Waals surface area (Å²) in [6.07, 6.45) is 5.15. The first kappa shape index (κ1) is 15.0. The summed E-state index contributed by atoms with van der Waals surface area (Å²) >= 11 is 5.85. The van der Waals surface area contributed by atoms with Crippen LogP contribution in [0.15, 0.2) is 18.2 Å². The fourth-order valence-corrected chi connectivity index (χ4v) is 2.16. The van der Waals surface area contributed by atoms with Gasteiger partial charge in [0.15, 0.2) is 5.78 Å². The van der Waals surface area contributed by atoms with Gasteiger partial charge in [-0.1, -0.05) is 51.1 Å². The summed E-state index contributed by atoms with van der Waals surface area (Å²) in [5.41, 5.74) is 6.87. The monoisotopic (exact) mass is 267 g/mol. The molecule has 0 fully saturated rings. The number of nitrogen functional groups attached to an aromatic ring is 1. The number of ketones is 1. The fourth-order valence-electron chi connectivity index (χ4n) is 2.04. The molecular weight excluding hydrogens is 246 g/mol. The lowest BCUT2D eigenvalue weighted by Crippen LogP contribution is -2.09. The Morgan fingerprint density at radius 3 is 2.67 bits per heavy atom. The van der Waals surface area contributed by atoms with E-state index >= 15 is 0 Å². The number of Topliss-reactive ketones (excluding diaryl/α,β-unsaturated/α-hetero) is 1. The van der Waals surface area contributed by atoms with Gasteiger partial charge in [-0.15, -0.1) is 0 Å². The van der Waals surface area contributed by atoms with Crippen LogP contribution in [0.5, 0.6) is 0 Å². The zero-order valence-corrected chi connectivity index (χ0v) is 12.0. The summed E-state index contributed by atoms with van der Waals surface area (Å²) in [5, 5.41) is 0.504. The van der Waals surface area contributed by atoms with Crippen LogP contribution in [0.25, 0.3) is 0 Å². The molecule has 0 saturated heterocycles. The highest BCUT2D eigenvalue weighted by Gasteiger charge is 2.14. The molecule has 0 radical (unpaired) electrons. The van der Waals surface area contributed by atoms with Crippen LogP contribution >= 0.6 is 11.6 Å². The minimum Gasteiger partial charge on any atom is -0.398 e. The standard InChI is InChI=1S/C15H22ClNO/c1-3-5-6-11(4-2)9-15(18)12-7-8-13(16)14(17)10-12/h7-8,10-11H,3-6,9,17H2,1-2H3. The van der Waals surface area contributed by atoms with E-state index in [1.807, 2.05) is 0 Å². The van der Waals surface area contributed by atoms with Crippen molar-refractivity contribution in [3.8, 4) is 0 Å². The predicted molar refractivity (Wildman–Crippen MR) is 78.1 cm³/mol. The third-order valence-electron chi connectivity index (χ3n) is 3.34. The van der Waals surface area contributed by atoms with Crippen molar-refractivity contribution in [3.05, 3.63) is 28.8 Å². The summed E-state index contributed by atoms with van der Waals surface area (Å²) in [6, 6.07) is 5.13. The van der Waals surface area contributed by atoms with Gasteiger partial charge in [-0.3, -0.25) is 4.79 Å². The largest absolute Gasteiger partial charge is 0.398 e. The molecule has 0 spiro atoms. The topological polar surface area (TPSA) is 43.1 Å². The highest BCUT2D eigenvalue weighted by Crippen LogP contribution is 2.23. The van der Waals surface area contributed by atoms with E-state index < -0.39 is 0 Å². The highest BCUT2D eigenvalue weighted by atomic mass is 35.5. The number of hydrogen-bond acceptors (Lipinski definition) is 2. The van der Waals surface area contributed by atoms with E-state index in [9.17, 15) is 4.79 Å². The van der Waals surface area contributed by atoms with Crippen molar-refractivity contribution >= 4 is 23.1 Å². The lowest BCUT2D eigenvalue weighted by Gasteiger charge is -2.13. The van der Waals surface area contributed by atoms with E-state index in [0.29, 0.717) is 28.6 Å². The van der Waals surface area contributed by atoms with Crippen LogP contribution in [-0.4, -0.2) is 5.78 Å². The number of carbonyl (C=O) groups is 1. The zero-order chi connectivity index (χ0) is 13.5. The molecule has 0 bridgehead atoms. The molecule has 2 nitrogen and oxygen atoms in total. The van der Waals surface area contributed by atoms with Crippen molar-refractivity contribution in [2.45, 2.75) is 46.0 Å². The first-order valence-corrected chi connectivity index (χ1v) is 7.04. The second-order valence-corrected chi connectivity index (χ2v) is 5.19. The quantitative estimate of drug-likeness (QED) is 0.574. The first-order chi connectivity index (χ1) is 8.58. The molecule has 3 heteroatoms. The molecule has 0 aliphatic heterocycles. The second-order valence-electron chi connectivity index (χ2n) is 4.78. The van der Waals surface area contributed by atoms with Gasteiger partial charge in [0.1, 0.15) is 0 Å². The average Bonchev–Trinajstić information content (AvgIpc) is 2.37. The minimum absolute atomic E-state index is 0.168. The number of rotatable bonds is 7. The Balaban J connectivity index is 2.65. The molecule has 1 atom stereocenters. The maximum atomic E-state index is 12.1. The minimum atomic E-state index is 0.168. The summed E-state index contributed by atoms with van der Waals surface area (Å²) in [6.45, 7) is 4.32. The van der Waals surface area contributed by atoms with Gasteiger partial charge >= 0.3 is 0 Å². The van der Waals surface area contributed by atoms with Crippen molar-refractivity contribution in [3.63, 3.8) is 0 Å². The predicted octanol–water partition coefficient (Wildman–Crippen LogP) is 4.71. The molecule has 1 rings (SSSR count). The Morgan fingerprint density at radius 2 is 2.11 bits per heavy atom. The molecule has 0 aliphatic carbocycles. The van der Waals surface area contributed by atoms with Gasteiger partial charge in [0.2, 0.25) is 0 Å². The summed E-state index contributed by atoms with van der Waals surface area (Å²) in [4.78, 5) is 12.1. The lowest BCUT2D eigenvalue weighted by atomic mass is 9.91. The van der Waals surface area contributed by atoms with Gasteiger partial charge in [0, 0.05) is 12.0 Å². The molecule has 100 valence electrons. The zero-order valence-electron chi connectivity index (χ0n) is 11.2. The molecule has 1 unspecified atom stereocenters. The van der Waals surface area contributed by atoms with E-state index in [0.717, 1.165) is 12.8 Å². The molecule has 0 saturated carbocycles. The van der Waals surface area contributed by atoms with E-state index in [2.05, 4.69) is 13.8 Å². The van der Waals surface area contributed by atoms with Crippen molar-refractivity contribution in [2.24, 2.45) is 5.92 Å².